The second-order valence-corrected chi connectivity index (χ2v) is 4.90. The summed E-state index contributed by atoms with van der Waals surface area (Å²) in [6, 6.07) is 0.647. The molecular formula is C14H27N3. The van der Waals surface area contributed by atoms with Crippen LogP contribution in [0.1, 0.15) is 56.5 Å². The first-order valence-electron chi connectivity index (χ1n) is 6.82. The molecule has 0 fully saturated rings. The van der Waals surface area contributed by atoms with E-state index < -0.39 is 0 Å². The molecule has 3 nitrogen and oxygen atoms in total. The van der Waals surface area contributed by atoms with Gasteiger partial charge in [0.25, 0.3) is 0 Å². The van der Waals surface area contributed by atoms with Crippen molar-refractivity contribution in [2.45, 2.75) is 66.0 Å². The van der Waals surface area contributed by atoms with Gasteiger partial charge in [-0.1, -0.05) is 26.7 Å². The first kappa shape index (κ1) is 14.2. The summed E-state index contributed by atoms with van der Waals surface area (Å²) in [4.78, 5) is 0. The number of nitrogens with one attached hydrogen (secondary N) is 1. The number of rotatable bonds is 7. The largest absolute Gasteiger partial charge is 0.310 e. The summed E-state index contributed by atoms with van der Waals surface area (Å²) in [6.07, 6.45) is 5.09. The number of hydrogen-bond acceptors (Lipinski definition) is 2. The Bertz CT molecular complexity index is 341. The summed E-state index contributed by atoms with van der Waals surface area (Å²) >= 11 is 0. The van der Waals surface area contributed by atoms with Gasteiger partial charge in [-0.3, -0.25) is 4.68 Å². The van der Waals surface area contributed by atoms with E-state index in [1.807, 2.05) is 11.7 Å². The number of hydrogen-bond donors (Lipinski definition) is 1. The van der Waals surface area contributed by atoms with Gasteiger partial charge in [0.2, 0.25) is 0 Å². The van der Waals surface area contributed by atoms with E-state index in [-0.39, 0.29) is 0 Å². The second-order valence-electron chi connectivity index (χ2n) is 4.90. The minimum Gasteiger partial charge on any atom is -0.310 e. The van der Waals surface area contributed by atoms with Crippen LogP contribution in [0.3, 0.4) is 0 Å². The minimum atomic E-state index is 0.647. The van der Waals surface area contributed by atoms with Crippen LogP contribution in [0.4, 0.5) is 0 Å². The molecule has 0 aliphatic heterocycles. The van der Waals surface area contributed by atoms with Gasteiger partial charge >= 0.3 is 0 Å². The molecule has 1 heterocycles. The van der Waals surface area contributed by atoms with Crippen LogP contribution in [0.2, 0.25) is 0 Å². The molecule has 0 saturated carbocycles. The van der Waals surface area contributed by atoms with Crippen LogP contribution in [0.25, 0.3) is 0 Å². The fourth-order valence-corrected chi connectivity index (χ4v) is 2.22. The van der Waals surface area contributed by atoms with E-state index in [0.717, 1.165) is 12.2 Å². The number of aromatic nitrogens is 2. The fourth-order valence-electron chi connectivity index (χ4n) is 2.22. The Morgan fingerprint density at radius 3 is 2.47 bits per heavy atom. The van der Waals surface area contributed by atoms with Crippen molar-refractivity contribution >= 4 is 0 Å². The Hall–Kier alpha value is -0.830. The molecule has 1 aromatic rings. The van der Waals surface area contributed by atoms with Crippen molar-refractivity contribution in [3.05, 3.63) is 17.0 Å². The lowest BCUT2D eigenvalue weighted by atomic mass is 10.1. The topological polar surface area (TPSA) is 29.9 Å². The van der Waals surface area contributed by atoms with Crippen molar-refractivity contribution in [2.24, 2.45) is 7.05 Å². The highest BCUT2D eigenvalue weighted by Gasteiger charge is 2.11. The monoisotopic (exact) mass is 237 g/mol. The molecule has 17 heavy (non-hydrogen) atoms. The predicted octanol–water partition coefficient (Wildman–Crippen LogP) is 3.10. The van der Waals surface area contributed by atoms with Gasteiger partial charge in [-0.25, -0.2) is 0 Å². The third-order valence-corrected chi connectivity index (χ3v) is 3.63. The Kier molecular flexibility index (Phi) is 5.69. The number of nitrogens with zero attached hydrogens (tertiary/aromatic N) is 2. The van der Waals surface area contributed by atoms with E-state index in [2.05, 4.69) is 38.1 Å². The van der Waals surface area contributed by atoms with Crippen LogP contribution in [0, 0.1) is 13.8 Å². The van der Waals surface area contributed by atoms with Crippen LogP contribution in [-0.4, -0.2) is 15.8 Å². The molecule has 0 saturated heterocycles. The van der Waals surface area contributed by atoms with Crippen LogP contribution in [-0.2, 0) is 13.6 Å². The van der Waals surface area contributed by atoms with E-state index >= 15 is 0 Å². The zero-order chi connectivity index (χ0) is 12.8. The zero-order valence-electron chi connectivity index (χ0n) is 12.0. The van der Waals surface area contributed by atoms with Gasteiger partial charge in [-0.15, -0.1) is 0 Å². The quantitative estimate of drug-likeness (QED) is 0.789. The van der Waals surface area contributed by atoms with Crippen LogP contribution in [0.15, 0.2) is 0 Å². The molecule has 3 heteroatoms. The highest BCUT2D eigenvalue weighted by Crippen LogP contribution is 2.13. The van der Waals surface area contributed by atoms with Crippen molar-refractivity contribution in [3.63, 3.8) is 0 Å². The summed E-state index contributed by atoms with van der Waals surface area (Å²) in [5.74, 6) is 0. The van der Waals surface area contributed by atoms with E-state index in [4.69, 9.17) is 0 Å². The number of aryl methyl sites for hydroxylation is 2. The minimum absolute atomic E-state index is 0.647. The van der Waals surface area contributed by atoms with Gasteiger partial charge in [0.15, 0.2) is 0 Å². The van der Waals surface area contributed by atoms with Gasteiger partial charge in [-0.2, -0.15) is 5.10 Å². The molecule has 1 atom stereocenters. The summed E-state index contributed by atoms with van der Waals surface area (Å²) < 4.78 is 1.97. The fraction of sp³-hybridized carbons (Fsp3) is 0.786. The standard InChI is InChI=1S/C14H27N3/c1-6-8-9-13(7-2)15-10-14-11(3)16-17(5)12(14)4/h13,15H,6-10H2,1-5H3. The van der Waals surface area contributed by atoms with Crippen molar-refractivity contribution in [1.29, 1.82) is 0 Å². The van der Waals surface area contributed by atoms with E-state index in [1.54, 1.807) is 0 Å². The average Bonchev–Trinajstić information content (AvgIpc) is 2.55. The predicted molar refractivity (Wildman–Crippen MR) is 73.1 cm³/mol. The Balaban J connectivity index is 2.53. The molecule has 0 aliphatic rings. The molecule has 1 rings (SSSR count). The molecule has 0 bridgehead atoms. The third kappa shape index (κ3) is 3.84. The van der Waals surface area contributed by atoms with Gasteiger partial charge in [-0.05, 0) is 26.7 Å². The Morgan fingerprint density at radius 1 is 1.29 bits per heavy atom. The maximum atomic E-state index is 4.45. The van der Waals surface area contributed by atoms with Crippen molar-refractivity contribution in [2.75, 3.05) is 0 Å². The maximum Gasteiger partial charge on any atom is 0.0641 e. The van der Waals surface area contributed by atoms with Crippen molar-refractivity contribution in [1.82, 2.24) is 15.1 Å². The molecule has 1 unspecified atom stereocenters. The summed E-state index contributed by atoms with van der Waals surface area (Å²) in [5, 5.41) is 8.12. The third-order valence-electron chi connectivity index (χ3n) is 3.63. The summed E-state index contributed by atoms with van der Waals surface area (Å²) in [7, 11) is 2.01. The van der Waals surface area contributed by atoms with Crippen molar-refractivity contribution in [3.8, 4) is 0 Å². The summed E-state index contributed by atoms with van der Waals surface area (Å²) in [5.41, 5.74) is 3.80. The SMILES string of the molecule is CCCCC(CC)NCc1c(C)nn(C)c1C. The van der Waals surface area contributed by atoms with Gasteiger partial charge in [0, 0.05) is 30.9 Å². The first-order valence-corrected chi connectivity index (χ1v) is 6.82. The van der Waals surface area contributed by atoms with E-state index in [9.17, 15) is 0 Å². The van der Waals surface area contributed by atoms with E-state index in [1.165, 1.54) is 36.9 Å². The molecule has 0 radical (unpaired) electrons. The molecule has 0 spiro atoms. The zero-order valence-corrected chi connectivity index (χ0v) is 12.0. The summed E-state index contributed by atoms with van der Waals surface area (Å²) in [6.45, 7) is 9.70. The second kappa shape index (κ2) is 6.80. The van der Waals surface area contributed by atoms with Crippen LogP contribution < -0.4 is 5.32 Å². The lowest BCUT2D eigenvalue weighted by molar-refractivity contribution is 0.451. The van der Waals surface area contributed by atoms with Crippen LogP contribution >= 0.6 is 0 Å². The van der Waals surface area contributed by atoms with Gasteiger partial charge in [0.05, 0.1) is 5.69 Å². The molecule has 0 aromatic carbocycles. The Labute approximate surface area is 106 Å². The average molecular weight is 237 g/mol. The van der Waals surface area contributed by atoms with Crippen LogP contribution in [0.5, 0.6) is 0 Å². The van der Waals surface area contributed by atoms with E-state index in [0.29, 0.717) is 6.04 Å². The molecule has 1 N–H and O–H groups in total. The molecule has 0 amide bonds. The smallest absolute Gasteiger partial charge is 0.0641 e. The van der Waals surface area contributed by atoms with Gasteiger partial charge < -0.3 is 5.32 Å². The molecule has 98 valence electrons. The Morgan fingerprint density at radius 2 is 2.00 bits per heavy atom. The molecule has 1 aromatic heterocycles. The maximum absolute atomic E-state index is 4.45. The lowest BCUT2D eigenvalue weighted by Crippen LogP contribution is -2.28. The normalized spacial score (nSPS) is 13.0. The first-order chi connectivity index (χ1) is 8.10. The number of unbranched alkanes of at least 4 members (excludes halogenated alkanes) is 1. The lowest BCUT2D eigenvalue weighted by Gasteiger charge is -2.16. The molecular weight excluding hydrogens is 210 g/mol. The van der Waals surface area contributed by atoms with Crippen molar-refractivity contribution < 1.29 is 0 Å². The van der Waals surface area contributed by atoms with Gasteiger partial charge in [0.1, 0.15) is 0 Å². The highest BCUT2D eigenvalue weighted by molar-refractivity contribution is 5.24. The highest BCUT2D eigenvalue weighted by atomic mass is 15.3. The molecule has 0 aliphatic carbocycles.